The van der Waals surface area contributed by atoms with Gasteiger partial charge in [0.05, 0.1) is 0 Å². The highest BCUT2D eigenvalue weighted by molar-refractivity contribution is 6.92. The van der Waals surface area contributed by atoms with Crippen LogP contribution in [-0.4, -0.2) is 52.1 Å². The second-order valence-electron chi connectivity index (χ2n) is 6.68. The predicted octanol–water partition coefficient (Wildman–Crippen LogP) is 3.08. The lowest BCUT2D eigenvalue weighted by atomic mass is 10.7. The second-order valence-corrected chi connectivity index (χ2v) is 20.8. The Hall–Kier alpha value is 0.668. The predicted molar refractivity (Wildman–Crippen MR) is 91.3 cm³/mol. The molecule has 1 heterocycles. The van der Waals surface area contributed by atoms with E-state index in [-0.39, 0.29) is 0 Å². The van der Waals surface area contributed by atoms with Gasteiger partial charge in [-0.05, 0) is 58.9 Å². The van der Waals surface area contributed by atoms with Gasteiger partial charge < -0.3 is 16.5 Å². The normalized spacial score (nSPS) is 27.9. The molecule has 1 aliphatic heterocycles. The number of rotatable bonds is 3. The SMILES string of the molecule is CCN(CC)[Si]1(C)O[Si](C)(C)O[Si](C)(C)O[Si](C)(C)O1. The Kier molecular flexibility index (Phi) is 5.66. The molecule has 0 bridgehead atoms. The summed E-state index contributed by atoms with van der Waals surface area (Å²) in [5, 5.41) is 0. The van der Waals surface area contributed by atoms with Crippen LogP contribution in [0.3, 0.4) is 0 Å². The number of hydrogen-bond donors (Lipinski definition) is 0. The summed E-state index contributed by atoms with van der Waals surface area (Å²) in [4.78, 5) is 0. The first-order valence-electron chi connectivity index (χ1n) is 7.40. The monoisotopic (exact) mass is 353 g/mol. The molecule has 0 radical (unpaired) electrons. The maximum atomic E-state index is 6.53. The molecule has 0 saturated carbocycles. The summed E-state index contributed by atoms with van der Waals surface area (Å²) in [7, 11) is -9.13. The van der Waals surface area contributed by atoms with Crippen molar-refractivity contribution in [3.63, 3.8) is 0 Å². The Morgan fingerprint density at radius 3 is 1.20 bits per heavy atom. The van der Waals surface area contributed by atoms with E-state index in [9.17, 15) is 0 Å². The maximum Gasteiger partial charge on any atom is 0.406 e. The minimum absolute atomic E-state index is 0.926. The van der Waals surface area contributed by atoms with Crippen LogP contribution in [0.1, 0.15) is 13.8 Å². The Morgan fingerprint density at radius 2 is 0.900 bits per heavy atom. The molecule has 0 aliphatic carbocycles. The maximum absolute atomic E-state index is 6.53. The lowest BCUT2D eigenvalue weighted by Crippen LogP contribution is -2.70. The van der Waals surface area contributed by atoms with Gasteiger partial charge in [-0.3, -0.25) is 4.57 Å². The van der Waals surface area contributed by atoms with Crippen molar-refractivity contribution in [2.45, 2.75) is 59.7 Å². The van der Waals surface area contributed by atoms with Gasteiger partial charge in [0.15, 0.2) is 0 Å². The Morgan fingerprint density at radius 1 is 0.600 bits per heavy atom. The van der Waals surface area contributed by atoms with E-state index in [4.69, 9.17) is 16.5 Å². The van der Waals surface area contributed by atoms with Gasteiger partial charge >= 0.3 is 34.4 Å². The van der Waals surface area contributed by atoms with Crippen molar-refractivity contribution in [2.24, 2.45) is 0 Å². The third kappa shape index (κ3) is 4.85. The number of nitrogens with zero attached hydrogens (tertiary/aromatic N) is 1. The van der Waals surface area contributed by atoms with Crippen molar-refractivity contribution in [1.29, 1.82) is 0 Å². The first-order chi connectivity index (χ1) is 8.85. The summed E-state index contributed by atoms with van der Waals surface area (Å²) in [5.41, 5.74) is 0. The Labute approximate surface area is 128 Å². The summed E-state index contributed by atoms with van der Waals surface area (Å²) in [5.74, 6) is 0. The van der Waals surface area contributed by atoms with Crippen LogP contribution < -0.4 is 0 Å². The van der Waals surface area contributed by atoms with Crippen molar-refractivity contribution >= 4 is 34.4 Å². The van der Waals surface area contributed by atoms with Gasteiger partial charge in [0.2, 0.25) is 0 Å². The zero-order valence-electron chi connectivity index (χ0n) is 14.5. The standard InChI is InChI=1S/C11H31NO4Si4/c1-10-12(11-2)20(9)15-18(5,6)13-17(3,4)14-19(7,8)16-20/h10-11H2,1-9H3. The molecule has 0 aromatic heterocycles. The molecule has 1 aliphatic rings. The smallest absolute Gasteiger partial charge is 0.406 e. The topological polar surface area (TPSA) is 40.2 Å². The van der Waals surface area contributed by atoms with Crippen LogP contribution in [0.25, 0.3) is 0 Å². The molecule has 0 aromatic rings. The highest BCUT2D eigenvalue weighted by Gasteiger charge is 2.54. The van der Waals surface area contributed by atoms with Crippen molar-refractivity contribution in [3.05, 3.63) is 0 Å². The fraction of sp³-hybridized carbons (Fsp3) is 1.00. The Bertz CT molecular complexity index is 325. The van der Waals surface area contributed by atoms with Crippen LogP contribution in [-0.2, 0) is 16.5 Å². The van der Waals surface area contributed by atoms with E-state index in [2.05, 4.69) is 64.2 Å². The fourth-order valence-corrected chi connectivity index (χ4v) is 24.2. The molecule has 20 heavy (non-hydrogen) atoms. The molecule has 5 nitrogen and oxygen atoms in total. The van der Waals surface area contributed by atoms with Crippen molar-refractivity contribution in [1.82, 2.24) is 4.57 Å². The summed E-state index contributed by atoms with van der Waals surface area (Å²) >= 11 is 0. The highest BCUT2D eigenvalue weighted by Crippen LogP contribution is 2.31. The van der Waals surface area contributed by atoms with Crippen molar-refractivity contribution in [2.75, 3.05) is 13.1 Å². The highest BCUT2D eigenvalue weighted by atomic mass is 28.5. The van der Waals surface area contributed by atoms with Crippen LogP contribution in [0.4, 0.5) is 0 Å². The summed E-state index contributed by atoms with van der Waals surface area (Å²) in [6, 6.07) is 0. The molecular weight excluding hydrogens is 322 g/mol. The van der Waals surface area contributed by atoms with Gasteiger partial charge in [-0.15, -0.1) is 0 Å². The average molecular weight is 354 g/mol. The van der Waals surface area contributed by atoms with Gasteiger partial charge in [0, 0.05) is 0 Å². The fourth-order valence-electron chi connectivity index (χ4n) is 3.11. The van der Waals surface area contributed by atoms with E-state index >= 15 is 0 Å². The lowest BCUT2D eigenvalue weighted by Gasteiger charge is -2.50. The van der Waals surface area contributed by atoms with Crippen molar-refractivity contribution < 1.29 is 16.5 Å². The molecule has 0 amide bonds. The molecule has 0 atom stereocenters. The van der Waals surface area contributed by atoms with E-state index < -0.39 is 34.4 Å². The van der Waals surface area contributed by atoms with Crippen LogP contribution in [0.5, 0.6) is 0 Å². The van der Waals surface area contributed by atoms with E-state index in [1.807, 2.05) is 0 Å². The van der Waals surface area contributed by atoms with E-state index in [0.717, 1.165) is 13.1 Å². The molecular formula is C11H31NO4Si4. The van der Waals surface area contributed by atoms with Crippen molar-refractivity contribution in [3.8, 4) is 0 Å². The molecule has 0 N–H and O–H groups in total. The summed E-state index contributed by atoms with van der Waals surface area (Å²) < 4.78 is 28.0. The molecule has 120 valence electrons. The quantitative estimate of drug-likeness (QED) is 0.729. The molecule has 0 spiro atoms. The molecule has 0 aromatic carbocycles. The van der Waals surface area contributed by atoms with E-state index in [0.29, 0.717) is 0 Å². The van der Waals surface area contributed by atoms with Gasteiger partial charge in [-0.2, -0.15) is 0 Å². The molecule has 9 heteroatoms. The third-order valence-electron chi connectivity index (χ3n) is 3.19. The first-order valence-corrected chi connectivity index (χ1v) is 18.1. The van der Waals surface area contributed by atoms with Gasteiger partial charge in [-0.1, -0.05) is 13.8 Å². The second kappa shape index (κ2) is 6.05. The van der Waals surface area contributed by atoms with E-state index in [1.165, 1.54) is 0 Å². The average Bonchev–Trinajstić information content (AvgIpc) is 2.09. The zero-order valence-corrected chi connectivity index (χ0v) is 18.5. The largest absolute Gasteiger partial charge is 0.416 e. The van der Waals surface area contributed by atoms with Crippen LogP contribution in [0.2, 0.25) is 45.8 Å². The van der Waals surface area contributed by atoms with Gasteiger partial charge in [0.25, 0.3) is 0 Å². The zero-order chi connectivity index (χ0) is 15.8. The minimum Gasteiger partial charge on any atom is -0.416 e. The molecule has 1 rings (SSSR count). The summed E-state index contributed by atoms with van der Waals surface area (Å²) in [6.07, 6.45) is 0. The molecule has 0 unspecified atom stereocenters. The lowest BCUT2D eigenvalue weighted by molar-refractivity contribution is 0.188. The van der Waals surface area contributed by atoms with Crippen LogP contribution in [0, 0.1) is 0 Å². The Balaban J connectivity index is 3.15. The van der Waals surface area contributed by atoms with Gasteiger partial charge in [-0.25, -0.2) is 0 Å². The van der Waals surface area contributed by atoms with E-state index in [1.54, 1.807) is 0 Å². The number of hydrogen-bond acceptors (Lipinski definition) is 5. The van der Waals surface area contributed by atoms with Crippen LogP contribution >= 0.6 is 0 Å². The minimum atomic E-state index is -2.45. The first kappa shape index (κ1) is 18.7. The van der Waals surface area contributed by atoms with Gasteiger partial charge in [0.1, 0.15) is 0 Å². The molecule has 1 fully saturated rings. The van der Waals surface area contributed by atoms with Crippen LogP contribution in [0.15, 0.2) is 0 Å². The molecule has 1 saturated heterocycles. The third-order valence-corrected chi connectivity index (χ3v) is 19.8. The summed E-state index contributed by atoms with van der Waals surface area (Å²) in [6.45, 7) is 20.9.